The van der Waals surface area contributed by atoms with Crippen molar-refractivity contribution >= 4 is 0 Å². The van der Waals surface area contributed by atoms with Gasteiger partial charge in [-0.1, -0.05) is 30.3 Å². The van der Waals surface area contributed by atoms with Gasteiger partial charge in [-0.15, -0.1) is 0 Å². The Labute approximate surface area is 115 Å². The fourth-order valence-corrected chi connectivity index (χ4v) is 2.15. The minimum absolute atomic E-state index is 0.950. The highest BCUT2D eigenvalue weighted by atomic mass is 15.1. The molecule has 0 unspecified atom stereocenters. The zero-order chi connectivity index (χ0) is 13.3. The molecule has 2 N–H and O–H groups in total. The maximum atomic E-state index is 3.46. The molecule has 0 aliphatic rings. The predicted molar refractivity (Wildman–Crippen MR) is 79.9 cm³/mol. The van der Waals surface area contributed by atoms with Gasteiger partial charge in [-0.05, 0) is 43.8 Å². The molecule has 0 spiro atoms. The lowest BCUT2D eigenvalue weighted by atomic mass is 10.2. The molecule has 0 aliphatic carbocycles. The summed E-state index contributed by atoms with van der Waals surface area (Å²) >= 11 is 0. The number of aromatic nitrogens is 1. The number of aromatic amines is 1. The van der Waals surface area contributed by atoms with Crippen LogP contribution in [-0.4, -0.2) is 30.0 Å². The normalized spacial score (nSPS) is 11.1. The van der Waals surface area contributed by atoms with Crippen LogP contribution in [0.2, 0.25) is 0 Å². The number of H-pyrrole nitrogens is 1. The molecule has 1 aromatic heterocycles. The van der Waals surface area contributed by atoms with E-state index in [2.05, 4.69) is 58.6 Å². The second-order valence-corrected chi connectivity index (χ2v) is 4.97. The molecule has 19 heavy (non-hydrogen) atoms. The summed E-state index contributed by atoms with van der Waals surface area (Å²) in [4.78, 5) is 5.44. The minimum atomic E-state index is 0.950. The zero-order valence-electron chi connectivity index (χ0n) is 11.6. The lowest BCUT2D eigenvalue weighted by Gasteiger charge is -2.16. The molecule has 1 aromatic carbocycles. The van der Waals surface area contributed by atoms with E-state index in [1.807, 2.05) is 12.4 Å². The highest BCUT2D eigenvalue weighted by molar-refractivity contribution is 5.14. The van der Waals surface area contributed by atoms with Crippen molar-refractivity contribution in [2.24, 2.45) is 0 Å². The van der Waals surface area contributed by atoms with E-state index >= 15 is 0 Å². The van der Waals surface area contributed by atoms with Gasteiger partial charge in [-0.3, -0.25) is 0 Å². The lowest BCUT2D eigenvalue weighted by molar-refractivity contribution is 0.319. The largest absolute Gasteiger partial charge is 0.367 e. The molecule has 0 saturated heterocycles. The van der Waals surface area contributed by atoms with Crippen molar-refractivity contribution in [1.29, 1.82) is 0 Å². The topological polar surface area (TPSA) is 31.1 Å². The Balaban J connectivity index is 1.55. The summed E-state index contributed by atoms with van der Waals surface area (Å²) in [5.41, 5.74) is 2.70. The Kier molecular flexibility index (Phi) is 5.66. The Morgan fingerprint density at radius 1 is 1.11 bits per heavy atom. The van der Waals surface area contributed by atoms with Crippen molar-refractivity contribution in [3.05, 3.63) is 59.9 Å². The highest BCUT2D eigenvalue weighted by Gasteiger charge is 1.99. The molecule has 3 heteroatoms. The maximum absolute atomic E-state index is 3.46. The Bertz CT molecular complexity index is 436. The molecule has 3 nitrogen and oxygen atoms in total. The molecule has 1 heterocycles. The third-order valence-electron chi connectivity index (χ3n) is 3.18. The lowest BCUT2D eigenvalue weighted by Crippen LogP contribution is -2.23. The first-order chi connectivity index (χ1) is 9.34. The molecule has 2 aromatic rings. The first-order valence-corrected chi connectivity index (χ1v) is 6.89. The molecule has 0 amide bonds. The molecule has 2 rings (SSSR count). The van der Waals surface area contributed by atoms with Gasteiger partial charge in [0, 0.05) is 25.5 Å². The second-order valence-electron chi connectivity index (χ2n) is 4.97. The van der Waals surface area contributed by atoms with Crippen LogP contribution >= 0.6 is 0 Å². The van der Waals surface area contributed by atoms with Crippen LogP contribution in [0.1, 0.15) is 17.5 Å². The molecular weight excluding hydrogens is 234 g/mol. The summed E-state index contributed by atoms with van der Waals surface area (Å²) < 4.78 is 0. The van der Waals surface area contributed by atoms with E-state index in [9.17, 15) is 0 Å². The van der Waals surface area contributed by atoms with Gasteiger partial charge in [-0.25, -0.2) is 0 Å². The van der Waals surface area contributed by atoms with Crippen molar-refractivity contribution in [3.8, 4) is 0 Å². The first kappa shape index (κ1) is 13.8. The van der Waals surface area contributed by atoms with Gasteiger partial charge < -0.3 is 15.2 Å². The van der Waals surface area contributed by atoms with Crippen molar-refractivity contribution in [3.63, 3.8) is 0 Å². The number of rotatable bonds is 8. The predicted octanol–water partition coefficient (Wildman–Crippen LogP) is 2.63. The molecular formula is C16H23N3. The number of nitrogens with one attached hydrogen (secondary N) is 2. The quantitative estimate of drug-likeness (QED) is 0.712. The van der Waals surface area contributed by atoms with Gasteiger partial charge in [0.25, 0.3) is 0 Å². The highest BCUT2D eigenvalue weighted by Crippen LogP contribution is 2.02. The van der Waals surface area contributed by atoms with Crippen LogP contribution in [0.3, 0.4) is 0 Å². The molecule has 0 radical (unpaired) electrons. The summed E-state index contributed by atoms with van der Waals surface area (Å²) in [6.45, 7) is 4.16. The summed E-state index contributed by atoms with van der Waals surface area (Å²) in [6, 6.07) is 12.7. The second kappa shape index (κ2) is 7.77. The molecule has 0 atom stereocenters. The van der Waals surface area contributed by atoms with Gasteiger partial charge in [0.05, 0.1) is 0 Å². The fraction of sp³-hybridized carbons (Fsp3) is 0.375. The molecule has 0 saturated carbocycles. The van der Waals surface area contributed by atoms with Gasteiger partial charge in [0.15, 0.2) is 0 Å². The summed E-state index contributed by atoms with van der Waals surface area (Å²) in [7, 11) is 2.18. The van der Waals surface area contributed by atoms with Crippen LogP contribution in [0.4, 0.5) is 0 Å². The maximum Gasteiger partial charge on any atom is 0.0230 e. The zero-order valence-corrected chi connectivity index (χ0v) is 11.6. The SMILES string of the molecule is CN(CCCNCc1cc[nH]c1)Cc1ccccc1. The van der Waals surface area contributed by atoms with Crippen LogP contribution < -0.4 is 5.32 Å². The third-order valence-corrected chi connectivity index (χ3v) is 3.18. The van der Waals surface area contributed by atoms with Gasteiger partial charge >= 0.3 is 0 Å². The van der Waals surface area contributed by atoms with Gasteiger partial charge in [0.1, 0.15) is 0 Å². The van der Waals surface area contributed by atoms with Crippen LogP contribution in [0.25, 0.3) is 0 Å². The van der Waals surface area contributed by atoms with E-state index in [4.69, 9.17) is 0 Å². The Morgan fingerprint density at radius 2 is 1.95 bits per heavy atom. The fourth-order valence-electron chi connectivity index (χ4n) is 2.15. The number of hydrogen-bond acceptors (Lipinski definition) is 2. The van der Waals surface area contributed by atoms with Crippen LogP contribution in [0.5, 0.6) is 0 Å². The van der Waals surface area contributed by atoms with Crippen molar-refractivity contribution in [2.45, 2.75) is 19.5 Å². The molecule has 0 fully saturated rings. The number of benzene rings is 1. The van der Waals surface area contributed by atoms with E-state index < -0.39 is 0 Å². The van der Waals surface area contributed by atoms with Gasteiger partial charge in [0.2, 0.25) is 0 Å². The monoisotopic (exact) mass is 257 g/mol. The number of hydrogen-bond donors (Lipinski definition) is 2. The molecule has 0 aliphatic heterocycles. The summed E-state index contributed by atoms with van der Waals surface area (Å²) in [5, 5.41) is 3.46. The van der Waals surface area contributed by atoms with Crippen molar-refractivity contribution in [1.82, 2.24) is 15.2 Å². The van der Waals surface area contributed by atoms with E-state index in [0.29, 0.717) is 0 Å². The minimum Gasteiger partial charge on any atom is -0.367 e. The summed E-state index contributed by atoms with van der Waals surface area (Å²) in [5.74, 6) is 0. The van der Waals surface area contributed by atoms with Crippen LogP contribution in [0, 0.1) is 0 Å². The third kappa shape index (κ3) is 5.28. The van der Waals surface area contributed by atoms with E-state index in [0.717, 1.165) is 26.2 Å². The van der Waals surface area contributed by atoms with Crippen LogP contribution in [-0.2, 0) is 13.1 Å². The Morgan fingerprint density at radius 3 is 2.68 bits per heavy atom. The van der Waals surface area contributed by atoms with Gasteiger partial charge in [-0.2, -0.15) is 0 Å². The van der Waals surface area contributed by atoms with Crippen molar-refractivity contribution in [2.75, 3.05) is 20.1 Å². The van der Waals surface area contributed by atoms with E-state index in [-0.39, 0.29) is 0 Å². The van der Waals surface area contributed by atoms with E-state index in [1.54, 1.807) is 0 Å². The molecule has 102 valence electrons. The molecule has 0 bridgehead atoms. The first-order valence-electron chi connectivity index (χ1n) is 6.89. The van der Waals surface area contributed by atoms with Crippen molar-refractivity contribution < 1.29 is 0 Å². The smallest absolute Gasteiger partial charge is 0.0230 e. The average Bonchev–Trinajstić information content (AvgIpc) is 2.92. The Hall–Kier alpha value is -1.58. The van der Waals surface area contributed by atoms with Crippen LogP contribution in [0.15, 0.2) is 48.8 Å². The summed E-state index contributed by atoms with van der Waals surface area (Å²) in [6.07, 6.45) is 5.17. The van der Waals surface area contributed by atoms with E-state index in [1.165, 1.54) is 17.5 Å². The average molecular weight is 257 g/mol. The number of nitrogens with zero attached hydrogens (tertiary/aromatic N) is 1. The standard InChI is InChI=1S/C16H23N3/c1-19(14-15-6-3-2-4-7-15)11-5-9-17-12-16-8-10-18-13-16/h2-4,6-8,10,13,17-18H,5,9,11-12,14H2,1H3.